The molecule has 120 valence electrons. The lowest BCUT2D eigenvalue weighted by molar-refractivity contribution is 0.0690. The summed E-state index contributed by atoms with van der Waals surface area (Å²) < 4.78 is 5.29. The zero-order chi connectivity index (χ0) is 15.8. The summed E-state index contributed by atoms with van der Waals surface area (Å²) in [6.45, 7) is 0.893. The van der Waals surface area contributed by atoms with Gasteiger partial charge in [0.1, 0.15) is 0 Å². The molecule has 0 unspecified atom stereocenters. The highest BCUT2D eigenvalue weighted by molar-refractivity contribution is 7.71. The Bertz CT molecular complexity index is 765. The number of hydrogen-bond acceptors (Lipinski definition) is 4. The van der Waals surface area contributed by atoms with Gasteiger partial charge in [0.25, 0.3) is 10.7 Å². The second-order valence-corrected chi connectivity index (χ2v) is 6.77. The number of aromatic nitrogens is 2. The first kappa shape index (κ1) is 14.6. The molecule has 1 aliphatic heterocycles. The zero-order valence-corrected chi connectivity index (χ0v) is 13.6. The molecule has 4 rings (SSSR count). The van der Waals surface area contributed by atoms with Crippen LogP contribution < -0.4 is 0 Å². The SMILES string of the molecule is O=C(c1ccc(-c2n[nH]c(=S)o2)cc1)N1CC[C@@H]2CCCC[C@H]21. The Morgan fingerprint density at radius 3 is 2.74 bits per heavy atom. The standard InChI is InChI=1S/C17H19N3O2S/c21-16(20-10-9-11-3-1-2-4-14(11)20)13-7-5-12(6-8-13)15-18-19-17(23)22-15/h5-8,11,14H,1-4,9-10H2,(H,19,23)/t11-,14+/m0/s1. The molecule has 1 saturated heterocycles. The molecule has 1 saturated carbocycles. The van der Waals surface area contributed by atoms with Crippen molar-refractivity contribution in [2.24, 2.45) is 5.92 Å². The highest BCUT2D eigenvalue weighted by Crippen LogP contribution is 2.36. The van der Waals surface area contributed by atoms with E-state index in [2.05, 4.69) is 15.1 Å². The Morgan fingerprint density at radius 2 is 2.00 bits per heavy atom. The van der Waals surface area contributed by atoms with Crippen LogP contribution in [0.15, 0.2) is 28.7 Å². The van der Waals surface area contributed by atoms with Gasteiger partial charge in [-0.1, -0.05) is 12.8 Å². The molecule has 0 radical (unpaired) electrons. The van der Waals surface area contributed by atoms with Crippen molar-refractivity contribution >= 4 is 18.1 Å². The van der Waals surface area contributed by atoms with Gasteiger partial charge in [-0.15, -0.1) is 5.10 Å². The normalized spacial score (nSPS) is 23.7. The summed E-state index contributed by atoms with van der Waals surface area (Å²) in [5.41, 5.74) is 1.54. The number of nitrogens with zero attached hydrogens (tertiary/aromatic N) is 2. The smallest absolute Gasteiger partial charge is 0.284 e. The molecule has 1 aromatic carbocycles. The van der Waals surface area contributed by atoms with E-state index in [0.717, 1.165) is 30.5 Å². The minimum atomic E-state index is 0.147. The van der Waals surface area contributed by atoms with E-state index >= 15 is 0 Å². The van der Waals surface area contributed by atoms with Gasteiger partial charge < -0.3 is 9.32 Å². The number of aromatic amines is 1. The van der Waals surface area contributed by atoms with Gasteiger partial charge in [-0.2, -0.15) is 0 Å². The third kappa shape index (κ3) is 2.72. The number of carbonyl (C=O) groups excluding carboxylic acids is 1. The molecule has 0 bridgehead atoms. The summed E-state index contributed by atoms with van der Waals surface area (Å²) in [6, 6.07) is 7.86. The first-order valence-corrected chi connectivity index (χ1v) is 8.60. The molecule has 0 spiro atoms. The highest BCUT2D eigenvalue weighted by Gasteiger charge is 2.38. The van der Waals surface area contributed by atoms with E-state index in [0.29, 0.717) is 17.9 Å². The molecule has 2 atom stereocenters. The zero-order valence-electron chi connectivity index (χ0n) is 12.8. The maximum atomic E-state index is 12.8. The molecule has 2 heterocycles. The van der Waals surface area contributed by atoms with Crippen LogP contribution in [0.5, 0.6) is 0 Å². The molecule has 5 nitrogen and oxygen atoms in total. The second kappa shape index (κ2) is 5.92. The van der Waals surface area contributed by atoms with E-state index in [1.807, 2.05) is 24.3 Å². The lowest BCUT2D eigenvalue weighted by atomic mass is 9.85. The van der Waals surface area contributed by atoms with Crippen molar-refractivity contribution in [1.82, 2.24) is 15.1 Å². The molecule has 1 aromatic heterocycles. The van der Waals surface area contributed by atoms with Crippen molar-refractivity contribution in [3.8, 4) is 11.5 Å². The summed E-state index contributed by atoms with van der Waals surface area (Å²) in [5.74, 6) is 1.30. The van der Waals surface area contributed by atoms with E-state index in [-0.39, 0.29) is 10.7 Å². The van der Waals surface area contributed by atoms with Crippen LogP contribution in [0, 0.1) is 10.8 Å². The van der Waals surface area contributed by atoms with E-state index < -0.39 is 0 Å². The van der Waals surface area contributed by atoms with Crippen molar-refractivity contribution < 1.29 is 9.21 Å². The number of hydrogen-bond donors (Lipinski definition) is 1. The molecule has 2 fully saturated rings. The predicted octanol–water partition coefficient (Wildman–Crippen LogP) is 3.80. The lowest BCUT2D eigenvalue weighted by Crippen LogP contribution is -2.39. The monoisotopic (exact) mass is 329 g/mol. The van der Waals surface area contributed by atoms with Gasteiger partial charge in [0.2, 0.25) is 5.89 Å². The summed E-state index contributed by atoms with van der Waals surface area (Å²) >= 11 is 4.88. The van der Waals surface area contributed by atoms with Gasteiger partial charge in [-0.05, 0) is 61.7 Å². The molecular weight excluding hydrogens is 310 g/mol. The molecule has 2 aromatic rings. The molecule has 1 N–H and O–H groups in total. The Labute approximate surface area is 139 Å². The van der Waals surface area contributed by atoms with Gasteiger partial charge in [0.05, 0.1) is 0 Å². The van der Waals surface area contributed by atoms with E-state index in [9.17, 15) is 4.79 Å². The Kier molecular flexibility index (Phi) is 3.77. The molecular formula is C17H19N3O2S. The van der Waals surface area contributed by atoms with Gasteiger partial charge in [-0.3, -0.25) is 4.79 Å². The summed E-state index contributed by atoms with van der Waals surface area (Å²) in [5, 5.41) is 6.60. The maximum absolute atomic E-state index is 12.8. The first-order valence-electron chi connectivity index (χ1n) is 8.19. The first-order chi connectivity index (χ1) is 11.2. The minimum Gasteiger partial charge on any atom is -0.409 e. The van der Waals surface area contributed by atoms with E-state index in [4.69, 9.17) is 16.6 Å². The average molecular weight is 329 g/mol. The van der Waals surface area contributed by atoms with Crippen LogP contribution >= 0.6 is 12.2 Å². The number of carbonyl (C=O) groups is 1. The van der Waals surface area contributed by atoms with E-state index in [1.54, 1.807) is 0 Å². The largest absolute Gasteiger partial charge is 0.409 e. The summed E-state index contributed by atoms with van der Waals surface area (Å²) in [4.78, 5) is 15.2. The van der Waals surface area contributed by atoms with Crippen molar-refractivity contribution in [3.05, 3.63) is 34.7 Å². The van der Waals surface area contributed by atoms with Crippen LogP contribution in [0.25, 0.3) is 11.5 Å². The van der Waals surface area contributed by atoms with Gasteiger partial charge in [0.15, 0.2) is 0 Å². The van der Waals surface area contributed by atoms with Crippen molar-refractivity contribution in [2.75, 3.05) is 6.54 Å². The number of amides is 1. The third-order valence-electron chi connectivity index (χ3n) is 5.09. The summed E-state index contributed by atoms with van der Waals surface area (Å²) in [6.07, 6.45) is 6.14. The second-order valence-electron chi connectivity index (χ2n) is 6.39. The number of H-pyrrole nitrogens is 1. The fourth-order valence-electron chi connectivity index (χ4n) is 3.93. The quantitative estimate of drug-likeness (QED) is 0.851. The average Bonchev–Trinajstić information content (AvgIpc) is 3.21. The molecule has 6 heteroatoms. The number of nitrogens with one attached hydrogen (secondary N) is 1. The topological polar surface area (TPSA) is 62.1 Å². The Hall–Kier alpha value is -1.95. The maximum Gasteiger partial charge on any atom is 0.284 e. The lowest BCUT2D eigenvalue weighted by Gasteiger charge is -2.31. The molecule has 1 aliphatic carbocycles. The van der Waals surface area contributed by atoms with Crippen LogP contribution in [-0.4, -0.2) is 33.6 Å². The van der Waals surface area contributed by atoms with Crippen LogP contribution in [0.1, 0.15) is 42.5 Å². The molecule has 1 amide bonds. The Balaban J connectivity index is 1.53. The number of benzene rings is 1. The third-order valence-corrected chi connectivity index (χ3v) is 5.26. The van der Waals surface area contributed by atoms with Crippen LogP contribution in [0.2, 0.25) is 0 Å². The molecule has 2 aliphatic rings. The number of fused-ring (bicyclic) bond motifs is 1. The Morgan fingerprint density at radius 1 is 1.22 bits per heavy atom. The van der Waals surface area contributed by atoms with Crippen molar-refractivity contribution in [3.63, 3.8) is 0 Å². The van der Waals surface area contributed by atoms with Gasteiger partial charge >= 0.3 is 0 Å². The fraction of sp³-hybridized carbons (Fsp3) is 0.471. The van der Waals surface area contributed by atoms with Crippen LogP contribution in [0.4, 0.5) is 0 Å². The van der Waals surface area contributed by atoms with Gasteiger partial charge in [-0.25, -0.2) is 5.10 Å². The van der Waals surface area contributed by atoms with Gasteiger partial charge in [0, 0.05) is 23.7 Å². The van der Waals surface area contributed by atoms with Crippen LogP contribution in [-0.2, 0) is 0 Å². The predicted molar refractivity (Wildman–Crippen MR) is 88.5 cm³/mol. The number of rotatable bonds is 2. The molecule has 23 heavy (non-hydrogen) atoms. The number of likely N-dealkylation sites (tertiary alicyclic amines) is 1. The minimum absolute atomic E-state index is 0.147. The van der Waals surface area contributed by atoms with E-state index in [1.165, 1.54) is 19.3 Å². The van der Waals surface area contributed by atoms with Crippen molar-refractivity contribution in [1.29, 1.82) is 0 Å². The van der Waals surface area contributed by atoms with Crippen LogP contribution in [0.3, 0.4) is 0 Å². The summed E-state index contributed by atoms with van der Waals surface area (Å²) in [7, 11) is 0. The highest BCUT2D eigenvalue weighted by atomic mass is 32.1. The van der Waals surface area contributed by atoms with Crippen molar-refractivity contribution in [2.45, 2.75) is 38.1 Å². The fourth-order valence-corrected chi connectivity index (χ4v) is 4.06.